The molecular formula is C10H9FN2O. The van der Waals surface area contributed by atoms with Crippen LogP contribution in [-0.4, -0.2) is 14.7 Å². The van der Waals surface area contributed by atoms with Gasteiger partial charge in [0.25, 0.3) is 0 Å². The van der Waals surface area contributed by atoms with Crippen LogP contribution in [-0.2, 0) is 6.61 Å². The molecule has 0 spiro atoms. The van der Waals surface area contributed by atoms with Crippen LogP contribution < -0.4 is 0 Å². The minimum atomic E-state index is -0.366. The van der Waals surface area contributed by atoms with E-state index in [4.69, 9.17) is 5.11 Å². The van der Waals surface area contributed by atoms with Gasteiger partial charge in [-0.3, -0.25) is 0 Å². The first-order chi connectivity index (χ1) is 6.83. The molecule has 0 saturated carbocycles. The fraction of sp³-hybridized carbons (Fsp3) is 0.100. The summed E-state index contributed by atoms with van der Waals surface area (Å²) in [6.07, 6.45) is 4.70. The highest BCUT2D eigenvalue weighted by molar-refractivity contribution is 5.41. The maximum Gasteiger partial charge on any atom is 0.147 e. The molecule has 1 aromatic carbocycles. The van der Waals surface area contributed by atoms with E-state index in [0.29, 0.717) is 11.3 Å². The summed E-state index contributed by atoms with van der Waals surface area (Å²) >= 11 is 0. The van der Waals surface area contributed by atoms with Crippen LogP contribution in [0.15, 0.2) is 36.9 Å². The van der Waals surface area contributed by atoms with Gasteiger partial charge < -0.3 is 9.67 Å². The fourth-order valence-electron chi connectivity index (χ4n) is 1.37. The lowest BCUT2D eigenvalue weighted by atomic mass is 10.2. The summed E-state index contributed by atoms with van der Waals surface area (Å²) in [5, 5.41) is 9.04. The average Bonchev–Trinajstić information content (AvgIpc) is 2.70. The highest BCUT2D eigenvalue weighted by atomic mass is 19.1. The molecule has 3 nitrogen and oxygen atoms in total. The Kier molecular flexibility index (Phi) is 2.28. The van der Waals surface area contributed by atoms with E-state index in [9.17, 15) is 4.39 Å². The number of imidazole rings is 1. The third kappa shape index (κ3) is 1.40. The minimum absolute atomic E-state index is 0.189. The SMILES string of the molecule is OCc1cccc(F)c1-n1ccnc1. The zero-order chi connectivity index (χ0) is 9.97. The van der Waals surface area contributed by atoms with Crippen LogP contribution in [0.4, 0.5) is 4.39 Å². The van der Waals surface area contributed by atoms with E-state index in [0.717, 1.165) is 0 Å². The Morgan fingerprint density at radius 3 is 2.93 bits per heavy atom. The third-order valence-corrected chi connectivity index (χ3v) is 2.00. The average molecular weight is 192 g/mol. The minimum Gasteiger partial charge on any atom is -0.392 e. The van der Waals surface area contributed by atoms with Crippen LogP contribution in [0.1, 0.15) is 5.56 Å². The van der Waals surface area contributed by atoms with Crippen LogP contribution in [0.5, 0.6) is 0 Å². The summed E-state index contributed by atoms with van der Waals surface area (Å²) in [5.74, 6) is -0.366. The maximum absolute atomic E-state index is 13.4. The van der Waals surface area contributed by atoms with E-state index in [-0.39, 0.29) is 12.4 Å². The van der Waals surface area contributed by atoms with Gasteiger partial charge in [-0.25, -0.2) is 9.37 Å². The first-order valence-electron chi connectivity index (χ1n) is 4.19. The predicted molar refractivity (Wildman–Crippen MR) is 49.4 cm³/mol. The molecule has 0 atom stereocenters. The normalized spacial score (nSPS) is 10.4. The van der Waals surface area contributed by atoms with Crippen LogP contribution in [0, 0.1) is 5.82 Å². The summed E-state index contributed by atoms with van der Waals surface area (Å²) in [6, 6.07) is 4.61. The molecule has 0 amide bonds. The molecule has 0 aliphatic rings. The third-order valence-electron chi connectivity index (χ3n) is 2.00. The lowest BCUT2D eigenvalue weighted by Crippen LogP contribution is -2.00. The zero-order valence-corrected chi connectivity index (χ0v) is 7.39. The van der Waals surface area contributed by atoms with Gasteiger partial charge >= 0.3 is 0 Å². The van der Waals surface area contributed by atoms with E-state index in [2.05, 4.69) is 4.98 Å². The Morgan fingerprint density at radius 1 is 1.43 bits per heavy atom. The Hall–Kier alpha value is -1.68. The molecule has 0 aliphatic heterocycles. The molecule has 0 saturated heterocycles. The van der Waals surface area contributed by atoms with Gasteiger partial charge in [0, 0.05) is 18.0 Å². The summed E-state index contributed by atoms with van der Waals surface area (Å²) in [4.78, 5) is 3.83. The van der Waals surface area contributed by atoms with E-state index in [1.165, 1.54) is 12.4 Å². The van der Waals surface area contributed by atoms with Crippen molar-refractivity contribution in [2.24, 2.45) is 0 Å². The first kappa shape index (κ1) is 8.90. The first-order valence-corrected chi connectivity index (χ1v) is 4.19. The van der Waals surface area contributed by atoms with Crippen molar-refractivity contribution in [2.45, 2.75) is 6.61 Å². The largest absolute Gasteiger partial charge is 0.392 e. The lowest BCUT2D eigenvalue weighted by Gasteiger charge is -2.08. The number of rotatable bonds is 2. The lowest BCUT2D eigenvalue weighted by molar-refractivity contribution is 0.281. The van der Waals surface area contributed by atoms with Gasteiger partial charge in [-0.1, -0.05) is 12.1 Å². The molecule has 0 fully saturated rings. The second kappa shape index (κ2) is 3.59. The van der Waals surface area contributed by atoms with Gasteiger partial charge in [0.2, 0.25) is 0 Å². The number of benzene rings is 1. The molecule has 1 N–H and O–H groups in total. The molecule has 0 unspecified atom stereocenters. The van der Waals surface area contributed by atoms with Crippen LogP contribution in [0.2, 0.25) is 0 Å². The topological polar surface area (TPSA) is 38.0 Å². The Labute approximate surface area is 80.5 Å². The fourth-order valence-corrected chi connectivity index (χ4v) is 1.37. The van der Waals surface area contributed by atoms with E-state index >= 15 is 0 Å². The van der Waals surface area contributed by atoms with Gasteiger partial charge in [0.05, 0.1) is 18.6 Å². The van der Waals surface area contributed by atoms with Gasteiger partial charge in [0.1, 0.15) is 5.82 Å². The van der Waals surface area contributed by atoms with Crippen molar-refractivity contribution in [3.05, 3.63) is 48.3 Å². The molecule has 2 rings (SSSR count). The predicted octanol–water partition coefficient (Wildman–Crippen LogP) is 1.50. The summed E-state index contributed by atoms with van der Waals surface area (Å²) in [7, 11) is 0. The molecule has 72 valence electrons. The molecule has 4 heteroatoms. The van der Waals surface area contributed by atoms with Crippen LogP contribution in [0.25, 0.3) is 5.69 Å². The standard InChI is InChI=1S/C10H9FN2O/c11-9-3-1-2-8(6-14)10(9)13-5-4-12-7-13/h1-5,7,14H,6H2. The molecular weight excluding hydrogens is 183 g/mol. The number of aromatic nitrogens is 2. The van der Waals surface area contributed by atoms with Gasteiger partial charge in [0.15, 0.2) is 0 Å². The smallest absolute Gasteiger partial charge is 0.147 e. The molecule has 14 heavy (non-hydrogen) atoms. The van der Waals surface area contributed by atoms with Crippen LogP contribution in [0.3, 0.4) is 0 Å². The summed E-state index contributed by atoms with van der Waals surface area (Å²) in [5.41, 5.74) is 0.899. The van der Waals surface area contributed by atoms with E-state index in [1.807, 2.05) is 0 Å². The zero-order valence-electron chi connectivity index (χ0n) is 7.39. The molecule has 1 aromatic heterocycles. The quantitative estimate of drug-likeness (QED) is 0.783. The number of halogens is 1. The van der Waals surface area contributed by atoms with Crippen molar-refractivity contribution in [1.29, 1.82) is 0 Å². The second-order valence-corrected chi connectivity index (χ2v) is 2.88. The van der Waals surface area contributed by atoms with Gasteiger partial charge in [-0.15, -0.1) is 0 Å². The Bertz CT molecular complexity index is 426. The van der Waals surface area contributed by atoms with Gasteiger partial charge in [-0.05, 0) is 6.07 Å². The highest BCUT2D eigenvalue weighted by Crippen LogP contribution is 2.18. The molecule has 2 aromatic rings. The van der Waals surface area contributed by atoms with Crippen molar-refractivity contribution in [3.8, 4) is 5.69 Å². The van der Waals surface area contributed by atoms with Crippen molar-refractivity contribution >= 4 is 0 Å². The van der Waals surface area contributed by atoms with Crippen molar-refractivity contribution < 1.29 is 9.50 Å². The Balaban J connectivity index is 2.61. The van der Waals surface area contributed by atoms with Crippen molar-refractivity contribution in [2.75, 3.05) is 0 Å². The van der Waals surface area contributed by atoms with E-state index in [1.54, 1.807) is 29.1 Å². The van der Waals surface area contributed by atoms with Gasteiger partial charge in [-0.2, -0.15) is 0 Å². The monoisotopic (exact) mass is 192 g/mol. The summed E-state index contributed by atoms with van der Waals surface area (Å²) < 4.78 is 15.0. The number of aliphatic hydroxyl groups excluding tert-OH is 1. The number of aliphatic hydroxyl groups is 1. The highest BCUT2D eigenvalue weighted by Gasteiger charge is 2.08. The van der Waals surface area contributed by atoms with Crippen molar-refractivity contribution in [3.63, 3.8) is 0 Å². The van der Waals surface area contributed by atoms with Crippen molar-refractivity contribution in [1.82, 2.24) is 9.55 Å². The maximum atomic E-state index is 13.4. The molecule has 0 radical (unpaired) electrons. The number of hydrogen-bond donors (Lipinski definition) is 1. The Morgan fingerprint density at radius 2 is 2.29 bits per heavy atom. The molecule has 0 bridgehead atoms. The second-order valence-electron chi connectivity index (χ2n) is 2.88. The number of nitrogens with zero attached hydrogens (tertiary/aromatic N) is 2. The molecule has 1 heterocycles. The number of para-hydroxylation sites is 1. The summed E-state index contributed by atoms with van der Waals surface area (Å²) in [6.45, 7) is -0.189. The van der Waals surface area contributed by atoms with E-state index < -0.39 is 0 Å². The van der Waals surface area contributed by atoms with Crippen LogP contribution >= 0.6 is 0 Å². The number of hydrogen-bond acceptors (Lipinski definition) is 2. The molecule has 0 aliphatic carbocycles.